The van der Waals surface area contributed by atoms with Crippen LogP contribution < -0.4 is 15.0 Å². The zero-order valence-corrected chi connectivity index (χ0v) is 18.2. The van der Waals surface area contributed by atoms with Crippen LogP contribution in [0.4, 0.5) is 10.5 Å². The molecule has 8 heteroatoms. The molecule has 1 aliphatic heterocycles. The van der Waals surface area contributed by atoms with Gasteiger partial charge in [0, 0.05) is 28.7 Å². The van der Waals surface area contributed by atoms with Crippen LogP contribution in [0, 0.1) is 6.92 Å². The maximum absolute atomic E-state index is 13.2. The number of carbonyl (C=O) groups excluding carboxylic acids is 3. The summed E-state index contributed by atoms with van der Waals surface area (Å²) in [6.45, 7) is 4.18. The second-order valence-corrected chi connectivity index (χ2v) is 7.53. The molecule has 4 amide bonds. The lowest BCUT2D eigenvalue weighted by Gasteiger charge is -2.26. The summed E-state index contributed by atoms with van der Waals surface area (Å²) < 4.78 is 7.26. The lowest BCUT2D eigenvalue weighted by atomic mass is 10.1. The van der Waals surface area contributed by atoms with Crippen molar-refractivity contribution in [2.75, 3.05) is 11.5 Å². The molecule has 2 aromatic carbocycles. The highest BCUT2D eigenvalue weighted by Gasteiger charge is 2.37. The van der Waals surface area contributed by atoms with E-state index in [1.807, 2.05) is 26.0 Å². The molecule has 1 N–H and O–H groups in total. The minimum Gasteiger partial charge on any atom is -0.494 e. The normalized spacial score (nSPS) is 15.3. The quantitative estimate of drug-likeness (QED) is 0.459. The van der Waals surface area contributed by atoms with Crippen LogP contribution in [0.25, 0.3) is 11.8 Å². The summed E-state index contributed by atoms with van der Waals surface area (Å²) in [6, 6.07) is 14.9. The lowest BCUT2D eigenvalue weighted by molar-refractivity contribution is -0.122. The number of hydrogen-bond donors (Lipinski definition) is 1. The van der Waals surface area contributed by atoms with E-state index in [1.54, 1.807) is 53.2 Å². The summed E-state index contributed by atoms with van der Waals surface area (Å²) >= 11 is 6.26. The third-order valence-corrected chi connectivity index (χ3v) is 5.40. The maximum atomic E-state index is 13.2. The van der Waals surface area contributed by atoms with Crippen molar-refractivity contribution >= 4 is 41.2 Å². The van der Waals surface area contributed by atoms with Gasteiger partial charge in [0.15, 0.2) is 0 Å². The van der Waals surface area contributed by atoms with Gasteiger partial charge in [-0.05, 0) is 61.9 Å². The van der Waals surface area contributed by atoms with Crippen LogP contribution in [0.1, 0.15) is 18.2 Å². The Morgan fingerprint density at radius 1 is 1.03 bits per heavy atom. The van der Waals surface area contributed by atoms with E-state index in [9.17, 15) is 14.4 Å². The van der Waals surface area contributed by atoms with E-state index in [0.29, 0.717) is 28.8 Å². The van der Waals surface area contributed by atoms with Crippen LogP contribution in [-0.4, -0.2) is 29.0 Å². The number of carbonyl (C=O) groups is 3. The molecule has 4 rings (SSSR count). The summed E-state index contributed by atoms with van der Waals surface area (Å²) in [4.78, 5) is 39.1. The topological polar surface area (TPSA) is 80.6 Å². The van der Waals surface area contributed by atoms with Gasteiger partial charge in [0.05, 0.1) is 12.3 Å². The monoisotopic (exact) mass is 449 g/mol. The molecule has 0 spiro atoms. The fraction of sp³-hybridized carbons (Fsp3) is 0.125. The zero-order chi connectivity index (χ0) is 22.8. The first-order chi connectivity index (χ1) is 15.4. The number of aromatic nitrogens is 1. The van der Waals surface area contributed by atoms with Gasteiger partial charge in [-0.25, -0.2) is 9.69 Å². The number of nitrogens with zero attached hydrogens (tertiary/aromatic N) is 2. The summed E-state index contributed by atoms with van der Waals surface area (Å²) in [5, 5.41) is 2.84. The highest BCUT2D eigenvalue weighted by Crippen LogP contribution is 2.27. The van der Waals surface area contributed by atoms with Crippen LogP contribution in [-0.2, 0) is 9.59 Å². The molecule has 2 heterocycles. The number of urea groups is 1. The molecule has 1 fully saturated rings. The molecule has 0 aliphatic carbocycles. The Hall–Kier alpha value is -3.84. The van der Waals surface area contributed by atoms with Crippen molar-refractivity contribution < 1.29 is 19.1 Å². The summed E-state index contributed by atoms with van der Waals surface area (Å²) in [5.41, 5.74) is 2.44. The summed E-state index contributed by atoms with van der Waals surface area (Å²) in [5.74, 6) is -0.966. The molecule has 0 atom stereocenters. The molecule has 0 radical (unpaired) electrons. The molecule has 32 heavy (non-hydrogen) atoms. The van der Waals surface area contributed by atoms with E-state index in [1.165, 1.54) is 6.08 Å². The molecule has 0 bridgehead atoms. The average Bonchev–Trinajstić information content (AvgIpc) is 3.22. The van der Waals surface area contributed by atoms with E-state index in [4.69, 9.17) is 16.3 Å². The number of aryl methyl sites for hydroxylation is 1. The second kappa shape index (κ2) is 8.72. The Kier molecular flexibility index (Phi) is 5.83. The number of halogens is 1. The van der Waals surface area contributed by atoms with E-state index in [0.717, 1.165) is 16.2 Å². The molecule has 1 aromatic heterocycles. The molecule has 162 valence electrons. The van der Waals surface area contributed by atoms with Crippen LogP contribution in [0.3, 0.4) is 0 Å². The standard InChI is InChI=1S/C24H20ClN3O4/c1-3-32-19-8-4-6-18(12-19)28-23(30)20(22(29)26-24(28)31)13-16-7-5-11-27(16)17-10-9-15(2)21(25)14-17/h4-14H,3H2,1-2H3,(H,26,29,31)/b20-13+. The number of amides is 4. The zero-order valence-electron chi connectivity index (χ0n) is 17.5. The highest BCUT2D eigenvalue weighted by atomic mass is 35.5. The van der Waals surface area contributed by atoms with E-state index < -0.39 is 17.8 Å². The number of anilines is 1. The Labute approximate surface area is 189 Å². The van der Waals surface area contributed by atoms with Gasteiger partial charge in [-0.1, -0.05) is 23.7 Å². The van der Waals surface area contributed by atoms with Crippen molar-refractivity contribution in [1.29, 1.82) is 0 Å². The minimum absolute atomic E-state index is 0.162. The van der Waals surface area contributed by atoms with Gasteiger partial charge in [0.2, 0.25) is 0 Å². The fourth-order valence-corrected chi connectivity index (χ4v) is 3.57. The summed E-state index contributed by atoms with van der Waals surface area (Å²) in [6.07, 6.45) is 3.25. The molecule has 3 aromatic rings. The SMILES string of the molecule is CCOc1cccc(N2C(=O)NC(=O)/C(=C\c3cccn3-c3ccc(C)c(Cl)c3)C2=O)c1. The third-order valence-electron chi connectivity index (χ3n) is 4.99. The Morgan fingerprint density at radius 2 is 1.84 bits per heavy atom. The van der Waals surface area contributed by atoms with Gasteiger partial charge >= 0.3 is 6.03 Å². The number of imide groups is 2. The fourth-order valence-electron chi connectivity index (χ4n) is 3.40. The first-order valence-electron chi connectivity index (χ1n) is 9.97. The maximum Gasteiger partial charge on any atom is 0.335 e. The lowest BCUT2D eigenvalue weighted by Crippen LogP contribution is -2.54. The molecule has 1 saturated heterocycles. The summed E-state index contributed by atoms with van der Waals surface area (Å²) in [7, 11) is 0. The molecule has 7 nitrogen and oxygen atoms in total. The number of rotatable bonds is 5. The number of ether oxygens (including phenoxy) is 1. The largest absolute Gasteiger partial charge is 0.494 e. The number of nitrogens with one attached hydrogen (secondary N) is 1. The number of barbiturate groups is 1. The van der Waals surface area contributed by atoms with Crippen molar-refractivity contribution in [2.45, 2.75) is 13.8 Å². The van der Waals surface area contributed by atoms with Gasteiger partial charge in [-0.15, -0.1) is 0 Å². The molecular formula is C24H20ClN3O4. The predicted molar refractivity (Wildman–Crippen MR) is 122 cm³/mol. The molecule has 1 aliphatic rings. The Bertz CT molecular complexity index is 1260. The average molecular weight is 450 g/mol. The minimum atomic E-state index is -0.813. The van der Waals surface area contributed by atoms with Crippen molar-refractivity contribution in [3.63, 3.8) is 0 Å². The van der Waals surface area contributed by atoms with Crippen LogP contribution in [0.5, 0.6) is 5.75 Å². The first kappa shape index (κ1) is 21.4. The van der Waals surface area contributed by atoms with Crippen LogP contribution in [0.15, 0.2) is 66.4 Å². The molecular weight excluding hydrogens is 430 g/mol. The predicted octanol–water partition coefficient (Wildman–Crippen LogP) is 4.50. The Morgan fingerprint density at radius 3 is 2.59 bits per heavy atom. The van der Waals surface area contributed by atoms with Gasteiger partial charge < -0.3 is 9.30 Å². The first-order valence-corrected chi connectivity index (χ1v) is 10.3. The smallest absolute Gasteiger partial charge is 0.335 e. The van der Waals surface area contributed by atoms with Crippen LogP contribution in [0.2, 0.25) is 5.02 Å². The molecule has 0 unspecified atom stereocenters. The van der Waals surface area contributed by atoms with Crippen LogP contribution >= 0.6 is 11.6 Å². The molecule has 0 saturated carbocycles. The highest BCUT2D eigenvalue weighted by molar-refractivity contribution is 6.39. The van der Waals surface area contributed by atoms with E-state index >= 15 is 0 Å². The van der Waals surface area contributed by atoms with E-state index in [-0.39, 0.29) is 5.57 Å². The van der Waals surface area contributed by atoms with Crippen molar-refractivity contribution in [1.82, 2.24) is 9.88 Å². The van der Waals surface area contributed by atoms with Crippen molar-refractivity contribution in [3.05, 3.63) is 82.6 Å². The van der Waals surface area contributed by atoms with Crippen molar-refractivity contribution in [2.24, 2.45) is 0 Å². The third kappa shape index (κ3) is 4.02. The number of benzene rings is 2. The number of hydrogen-bond acceptors (Lipinski definition) is 4. The van der Waals surface area contributed by atoms with Crippen molar-refractivity contribution in [3.8, 4) is 11.4 Å². The van der Waals surface area contributed by atoms with Gasteiger partial charge in [0.1, 0.15) is 11.3 Å². The van der Waals surface area contributed by atoms with Gasteiger partial charge in [-0.3, -0.25) is 14.9 Å². The van der Waals surface area contributed by atoms with Gasteiger partial charge in [-0.2, -0.15) is 0 Å². The van der Waals surface area contributed by atoms with E-state index in [2.05, 4.69) is 5.32 Å². The Balaban J connectivity index is 1.73. The second-order valence-electron chi connectivity index (χ2n) is 7.12. The van der Waals surface area contributed by atoms with Gasteiger partial charge in [0.25, 0.3) is 11.8 Å².